The molecule has 1 atom stereocenters. The van der Waals surface area contributed by atoms with E-state index < -0.39 is 12.1 Å². The summed E-state index contributed by atoms with van der Waals surface area (Å²) in [6.45, 7) is 1.93. The zero-order valence-electron chi connectivity index (χ0n) is 13.6. The predicted octanol–water partition coefficient (Wildman–Crippen LogP) is 3.10. The lowest BCUT2D eigenvalue weighted by Crippen LogP contribution is -2.44. The van der Waals surface area contributed by atoms with Crippen LogP contribution in [-0.4, -0.2) is 43.1 Å². The van der Waals surface area contributed by atoms with Gasteiger partial charge in [0.05, 0.1) is 18.8 Å². The molecule has 2 aromatic carbocycles. The van der Waals surface area contributed by atoms with Crippen molar-refractivity contribution in [1.82, 2.24) is 4.90 Å². The van der Waals surface area contributed by atoms with E-state index in [2.05, 4.69) is 0 Å². The van der Waals surface area contributed by atoms with Crippen molar-refractivity contribution in [3.63, 3.8) is 0 Å². The Labute approximate surface area is 151 Å². The Bertz CT molecular complexity index is 744. The van der Waals surface area contributed by atoms with Crippen LogP contribution in [0.1, 0.15) is 22.0 Å². The summed E-state index contributed by atoms with van der Waals surface area (Å²) < 4.78 is 10.8. The number of benzene rings is 2. The van der Waals surface area contributed by atoms with Crippen molar-refractivity contribution >= 4 is 23.5 Å². The molecule has 1 amide bonds. The van der Waals surface area contributed by atoms with Crippen LogP contribution in [0, 0.1) is 0 Å². The second-order valence-corrected chi connectivity index (χ2v) is 6.08. The quantitative estimate of drug-likeness (QED) is 0.787. The molecule has 0 aliphatic carbocycles. The normalized spacial score (nSPS) is 15.5. The van der Waals surface area contributed by atoms with Gasteiger partial charge in [0.1, 0.15) is 0 Å². The minimum absolute atomic E-state index is 0.245. The monoisotopic (exact) mass is 359 g/mol. The van der Waals surface area contributed by atoms with Crippen LogP contribution in [0.15, 0.2) is 54.6 Å². The van der Waals surface area contributed by atoms with Crippen LogP contribution in [0.5, 0.6) is 0 Å². The number of esters is 1. The molecule has 3 rings (SSSR count). The van der Waals surface area contributed by atoms with Crippen LogP contribution >= 0.6 is 11.6 Å². The van der Waals surface area contributed by atoms with Gasteiger partial charge in [-0.05, 0) is 18.2 Å². The SMILES string of the molecule is O=C(OC(C(=O)N1CCOCC1)c1ccccc1)c1cccc(Cl)c1. The third-order valence-electron chi connectivity index (χ3n) is 3.93. The summed E-state index contributed by atoms with van der Waals surface area (Å²) >= 11 is 5.93. The summed E-state index contributed by atoms with van der Waals surface area (Å²) in [5, 5.41) is 0.435. The molecule has 5 nitrogen and oxygen atoms in total. The highest BCUT2D eigenvalue weighted by molar-refractivity contribution is 6.30. The van der Waals surface area contributed by atoms with Crippen molar-refractivity contribution in [3.05, 3.63) is 70.7 Å². The molecule has 2 aromatic rings. The number of halogens is 1. The molecule has 1 aliphatic heterocycles. The lowest BCUT2D eigenvalue weighted by Gasteiger charge is -2.30. The molecule has 0 saturated carbocycles. The van der Waals surface area contributed by atoms with Crippen LogP contribution < -0.4 is 0 Å². The second-order valence-electron chi connectivity index (χ2n) is 5.64. The zero-order chi connectivity index (χ0) is 17.6. The van der Waals surface area contributed by atoms with E-state index in [9.17, 15) is 9.59 Å². The van der Waals surface area contributed by atoms with E-state index >= 15 is 0 Å². The largest absolute Gasteiger partial charge is 0.444 e. The predicted molar refractivity (Wildman–Crippen MR) is 93.4 cm³/mol. The Morgan fingerprint density at radius 3 is 2.44 bits per heavy atom. The van der Waals surface area contributed by atoms with Crippen molar-refractivity contribution in [2.75, 3.05) is 26.3 Å². The van der Waals surface area contributed by atoms with E-state index in [0.29, 0.717) is 42.5 Å². The van der Waals surface area contributed by atoms with E-state index in [4.69, 9.17) is 21.1 Å². The fourth-order valence-corrected chi connectivity index (χ4v) is 2.82. The summed E-state index contributed by atoms with van der Waals surface area (Å²) in [7, 11) is 0. The molecular weight excluding hydrogens is 342 g/mol. The Kier molecular flexibility index (Phi) is 5.68. The lowest BCUT2D eigenvalue weighted by molar-refractivity contribution is -0.145. The molecular formula is C19H18ClNO4. The highest BCUT2D eigenvalue weighted by Gasteiger charge is 2.30. The number of hydrogen-bond donors (Lipinski definition) is 0. The van der Waals surface area contributed by atoms with Gasteiger partial charge in [-0.15, -0.1) is 0 Å². The number of ether oxygens (including phenoxy) is 2. The third kappa shape index (κ3) is 4.38. The van der Waals surface area contributed by atoms with Crippen LogP contribution in [0.3, 0.4) is 0 Å². The van der Waals surface area contributed by atoms with Crippen molar-refractivity contribution in [2.24, 2.45) is 0 Å². The number of nitrogens with zero attached hydrogens (tertiary/aromatic N) is 1. The Hall–Kier alpha value is -2.37. The van der Waals surface area contributed by atoms with Crippen molar-refractivity contribution in [1.29, 1.82) is 0 Å². The van der Waals surface area contributed by atoms with E-state index in [-0.39, 0.29) is 5.91 Å². The zero-order valence-corrected chi connectivity index (χ0v) is 14.3. The van der Waals surface area contributed by atoms with Crippen LogP contribution in [-0.2, 0) is 14.3 Å². The van der Waals surface area contributed by atoms with Crippen LogP contribution in [0.25, 0.3) is 0 Å². The molecule has 1 saturated heterocycles. The van der Waals surface area contributed by atoms with E-state index in [1.54, 1.807) is 35.2 Å². The van der Waals surface area contributed by atoms with Gasteiger partial charge in [0.15, 0.2) is 0 Å². The first kappa shape index (κ1) is 17.5. The van der Waals surface area contributed by atoms with Gasteiger partial charge >= 0.3 is 5.97 Å². The van der Waals surface area contributed by atoms with Gasteiger partial charge in [-0.25, -0.2) is 4.79 Å². The van der Waals surface area contributed by atoms with Gasteiger partial charge in [-0.2, -0.15) is 0 Å². The average molecular weight is 360 g/mol. The fraction of sp³-hybridized carbons (Fsp3) is 0.263. The molecule has 0 radical (unpaired) electrons. The summed E-state index contributed by atoms with van der Waals surface area (Å²) in [6.07, 6.45) is -0.995. The summed E-state index contributed by atoms with van der Waals surface area (Å²) in [5.41, 5.74) is 0.942. The van der Waals surface area contributed by atoms with Gasteiger partial charge in [0.25, 0.3) is 5.91 Å². The molecule has 0 N–H and O–H groups in total. The van der Waals surface area contributed by atoms with E-state index in [0.717, 1.165) is 0 Å². The Balaban J connectivity index is 1.83. The molecule has 6 heteroatoms. The second kappa shape index (κ2) is 8.14. The molecule has 0 aromatic heterocycles. The Morgan fingerprint density at radius 2 is 1.76 bits per heavy atom. The molecule has 1 unspecified atom stereocenters. The molecule has 0 spiro atoms. The van der Waals surface area contributed by atoms with Crippen LogP contribution in [0.2, 0.25) is 5.02 Å². The van der Waals surface area contributed by atoms with Crippen LogP contribution in [0.4, 0.5) is 0 Å². The molecule has 25 heavy (non-hydrogen) atoms. The number of carbonyl (C=O) groups excluding carboxylic acids is 2. The first-order valence-electron chi connectivity index (χ1n) is 8.03. The first-order chi connectivity index (χ1) is 12.1. The van der Waals surface area contributed by atoms with Gasteiger partial charge in [-0.1, -0.05) is 48.0 Å². The highest BCUT2D eigenvalue weighted by Crippen LogP contribution is 2.23. The number of rotatable bonds is 4. The number of morpholine rings is 1. The lowest BCUT2D eigenvalue weighted by atomic mass is 10.1. The summed E-state index contributed by atoms with van der Waals surface area (Å²) in [4.78, 5) is 27.1. The fourth-order valence-electron chi connectivity index (χ4n) is 2.63. The number of hydrogen-bond acceptors (Lipinski definition) is 4. The molecule has 1 fully saturated rings. The molecule has 1 aliphatic rings. The maximum Gasteiger partial charge on any atom is 0.339 e. The minimum Gasteiger partial charge on any atom is -0.444 e. The van der Waals surface area contributed by atoms with Gasteiger partial charge in [0.2, 0.25) is 6.10 Å². The van der Waals surface area contributed by atoms with Crippen molar-refractivity contribution in [3.8, 4) is 0 Å². The number of carbonyl (C=O) groups is 2. The molecule has 0 bridgehead atoms. The number of amides is 1. The summed E-state index contributed by atoms with van der Waals surface area (Å²) in [5.74, 6) is -0.831. The standard InChI is InChI=1S/C19H18ClNO4/c20-16-8-4-7-15(13-16)19(23)25-17(14-5-2-1-3-6-14)18(22)21-9-11-24-12-10-21/h1-8,13,17H,9-12H2. The van der Waals surface area contributed by atoms with Gasteiger partial charge in [-0.3, -0.25) is 4.79 Å². The van der Waals surface area contributed by atoms with E-state index in [1.165, 1.54) is 6.07 Å². The molecule has 1 heterocycles. The maximum atomic E-state index is 12.9. The molecule has 130 valence electrons. The average Bonchev–Trinajstić information content (AvgIpc) is 2.67. The van der Waals surface area contributed by atoms with Crippen molar-refractivity contribution in [2.45, 2.75) is 6.10 Å². The van der Waals surface area contributed by atoms with Gasteiger partial charge < -0.3 is 14.4 Å². The van der Waals surface area contributed by atoms with Crippen molar-refractivity contribution < 1.29 is 19.1 Å². The maximum absolute atomic E-state index is 12.9. The van der Waals surface area contributed by atoms with Gasteiger partial charge in [0, 0.05) is 23.7 Å². The smallest absolute Gasteiger partial charge is 0.339 e. The van der Waals surface area contributed by atoms with E-state index in [1.807, 2.05) is 18.2 Å². The Morgan fingerprint density at radius 1 is 1.04 bits per heavy atom. The topological polar surface area (TPSA) is 55.8 Å². The first-order valence-corrected chi connectivity index (χ1v) is 8.41. The highest BCUT2D eigenvalue weighted by atomic mass is 35.5. The third-order valence-corrected chi connectivity index (χ3v) is 4.17. The minimum atomic E-state index is -0.995. The summed E-state index contributed by atoms with van der Waals surface area (Å²) in [6, 6.07) is 15.5.